The molecule has 0 aromatic carbocycles. The Labute approximate surface area is 103 Å². The van der Waals surface area contributed by atoms with Crippen LogP contribution >= 0.6 is 11.5 Å². The molecule has 3 aromatic heterocycles. The number of aromatic amines is 3. The van der Waals surface area contributed by atoms with Gasteiger partial charge in [-0.2, -0.15) is 4.37 Å². The van der Waals surface area contributed by atoms with Crippen molar-refractivity contribution in [1.82, 2.24) is 24.3 Å². The summed E-state index contributed by atoms with van der Waals surface area (Å²) in [7, 11) is 0. The van der Waals surface area contributed by atoms with Crippen molar-refractivity contribution in [3.8, 4) is 11.4 Å². The van der Waals surface area contributed by atoms with Crippen LogP contribution in [0.4, 0.5) is 5.00 Å². The van der Waals surface area contributed by atoms with Crippen LogP contribution in [0.1, 0.15) is 5.69 Å². The molecule has 0 atom stereocenters. The minimum absolute atomic E-state index is 0.198. The van der Waals surface area contributed by atoms with Crippen LogP contribution in [0.25, 0.3) is 22.6 Å². The first kappa shape index (κ1) is 10.7. The first-order chi connectivity index (χ1) is 8.56. The second-order valence-electron chi connectivity index (χ2n) is 3.72. The second-order valence-corrected chi connectivity index (χ2v) is 4.53. The van der Waals surface area contributed by atoms with Gasteiger partial charge in [0.1, 0.15) is 16.3 Å². The van der Waals surface area contributed by atoms with E-state index in [2.05, 4.69) is 24.3 Å². The molecular formula is C9H8N6O2S. The van der Waals surface area contributed by atoms with Gasteiger partial charge in [-0.25, -0.2) is 9.78 Å². The number of nitrogen functional groups attached to an aromatic ring is 1. The molecule has 3 heterocycles. The largest absolute Gasteiger partial charge is 0.389 e. The van der Waals surface area contributed by atoms with E-state index in [1.165, 1.54) is 0 Å². The molecular weight excluding hydrogens is 256 g/mol. The zero-order valence-corrected chi connectivity index (χ0v) is 10.0. The molecule has 9 heteroatoms. The van der Waals surface area contributed by atoms with Gasteiger partial charge in [0.15, 0.2) is 5.65 Å². The van der Waals surface area contributed by atoms with E-state index in [-0.39, 0.29) is 11.2 Å². The van der Waals surface area contributed by atoms with E-state index in [1.54, 1.807) is 6.92 Å². The molecule has 0 bridgehead atoms. The summed E-state index contributed by atoms with van der Waals surface area (Å²) in [4.78, 5) is 34.2. The molecule has 0 radical (unpaired) electrons. The Morgan fingerprint density at radius 3 is 2.67 bits per heavy atom. The summed E-state index contributed by atoms with van der Waals surface area (Å²) < 4.78 is 4.10. The summed E-state index contributed by atoms with van der Waals surface area (Å²) in [5.74, 6) is 0.418. The van der Waals surface area contributed by atoms with E-state index in [9.17, 15) is 9.59 Å². The van der Waals surface area contributed by atoms with Gasteiger partial charge in [0.2, 0.25) is 0 Å². The van der Waals surface area contributed by atoms with E-state index in [4.69, 9.17) is 5.73 Å². The number of nitrogens with one attached hydrogen (secondary N) is 3. The molecule has 0 aliphatic heterocycles. The lowest BCUT2D eigenvalue weighted by atomic mass is 10.2. The maximum absolute atomic E-state index is 11.6. The molecule has 8 nitrogen and oxygen atoms in total. The summed E-state index contributed by atoms with van der Waals surface area (Å²) in [6.07, 6.45) is 0. The number of hydrogen-bond donors (Lipinski definition) is 4. The van der Waals surface area contributed by atoms with E-state index >= 15 is 0 Å². The number of H-pyrrole nitrogens is 3. The van der Waals surface area contributed by atoms with Crippen molar-refractivity contribution in [3.63, 3.8) is 0 Å². The predicted molar refractivity (Wildman–Crippen MR) is 67.6 cm³/mol. The Morgan fingerprint density at radius 1 is 1.22 bits per heavy atom. The van der Waals surface area contributed by atoms with Gasteiger partial charge in [-0.15, -0.1) is 0 Å². The Morgan fingerprint density at radius 2 is 2.00 bits per heavy atom. The number of nitrogens with zero attached hydrogens (tertiary/aromatic N) is 2. The van der Waals surface area contributed by atoms with Crippen LogP contribution in [-0.4, -0.2) is 24.3 Å². The molecule has 0 saturated carbocycles. The summed E-state index contributed by atoms with van der Waals surface area (Å²) in [5.41, 5.74) is 6.45. The topological polar surface area (TPSA) is 133 Å². The number of anilines is 1. The normalized spacial score (nSPS) is 11.2. The third-order valence-corrected chi connectivity index (χ3v) is 3.28. The molecule has 0 amide bonds. The monoisotopic (exact) mass is 264 g/mol. The Hall–Kier alpha value is -2.42. The molecule has 0 fully saturated rings. The van der Waals surface area contributed by atoms with Crippen LogP contribution in [0.5, 0.6) is 0 Å². The molecule has 0 unspecified atom stereocenters. The highest BCUT2D eigenvalue weighted by atomic mass is 32.1. The highest BCUT2D eigenvalue weighted by molar-refractivity contribution is 7.10. The molecule has 92 valence electrons. The molecule has 0 spiro atoms. The number of fused-ring (bicyclic) bond motifs is 1. The van der Waals surface area contributed by atoms with Crippen molar-refractivity contribution in [2.45, 2.75) is 6.92 Å². The minimum Gasteiger partial charge on any atom is -0.389 e. The van der Waals surface area contributed by atoms with Crippen molar-refractivity contribution in [2.75, 3.05) is 5.73 Å². The molecule has 0 aliphatic carbocycles. The van der Waals surface area contributed by atoms with E-state index in [1.807, 2.05) is 0 Å². The van der Waals surface area contributed by atoms with Crippen LogP contribution in [0, 0.1) is 6.92 Å². The first-order valence-corrected chi connectivity index (χ1v) is 5.78. The zero-order valence-electron chi connectivity index (χ0n) is 9.20. The quantitative estimate of drug-likeness (QED) is 0.489. The first-order valence-electron chi connectivity index (χ1n) is 5.00. The summed E-state index contributed by atoms with van der Waals surface area (Å²) >= 11 is 1.15. The molecule has 5 N–H and O–H groups in total. The third-order valence-electron chi connectivity index (χ3n) is 2.52. The summed E-state index contributed by atoms with van der Waals surface area (Å²) in [6.45, 7) is 1.79. The highest BCUT2D eigenvalue weighted by Gasteiger charge is 2.16. The van der Waals surface area contributed by atoms with Crippen LogP contribution in [-0.2, 0) is 0 Å². The maximum atomic E-state index is 11.6. The van der Waals surface area contributed by atoms with Gasteiger partial charge in [0.25, 0.3) is 5.56 Å². The van der Waals surface area contributed by atoms with Crippen LogP contribution in [0.3, 0.4) is 0 Å². The molecule has 3 rings (SSSR count). The summed E-state index contributed by atoms with van der Waals surface area (Å²) in [6, 6.07) is 0. The lowest BCUT2D eigenvalue weighted by Gasteiger charge is -1.93. The van der Waals surface area contributed by atoms with Crippen LogP contribution in [0.2, 0.25) is 0 Å². The fraction of sp³-hybridized carbons (Fsp3) is 0.111. The number of aromatic nitrogens is 5. The zero-order chi connectivity index (χ0) is 12.9. The van der Waals surface area contributed by atoms with Crippen molar-refractivity contribution in [2.24, 2.45) is 0 Å². The fourth-order valence-corrected chi connectivity index (χ4v) is 2.39. The fourth-order valence-electron chi connectivity index (χ4n) is 1.73. The van der Waals surface area contributed by atoms with Crippen LogP contribution < -0.4 is 17.0 Å². The maximum Gasteiger partial charge on any atom is 0.327 e. The second kappa shape index (κ2) is 3.53. The average Bonchev–Trinajstić information content (AvgIpc) is 2.82. The van der Waals surface area contributed by atoms with Crippen molar-refractivity contribution >= 4 is 27.7 Å². The standard InChI is InChI=1S/C9H8N6O2S/c1-2-3(5(10)18-15-2)6-11-4-7(12-6)13-9(17)14-8(4)16/h10H2,1H3,(H3,11,12,13,14,16,17). The molecule has 18 heavy (non-hydrogen) atoms. The van der Waals surface area contributed by atoms with Gasteiger partial charge in [0.05, 0.1) is 11.3 Å². The highest BCUT2D eigenvalue weighted by Crippen LogP contribution is 2.30. The van der Waals surface area contributed by atoms with Gasteiger partial charge < -0.3 is 10.7 Å². The van der Waals surface area contributed by atoms with Crippen LogP contribution in [0.15, 0.2) is 9.59 Å². The SMILES string of the molecule is Cc1nsc(N)c1-c1nc2[nH]c(=O)[nH]c(=O)c2[nH]1. The smallest absolute Gasteiger partial charge is 0.327 e. The average molecular weight is 264 g/mol. The van der Waals surface area contributed by atoms with E-state index in [0.717, 1.165) is 17.2 Å². The minimum atomic E-state index is -0.598. The van der Waals surface area contributed by atoms with Crippen molar-refractivity contribution in [1.29, 1.82) is 0 Å². The molecule has 0 saturated heterocycles. The van der Waals surface area contributed by atoms with Gasteiger partial charge >= 0.3 is 5.69 Å². The number of hydrogen-bond acceptors (Lipinski definition) is 6. The predicted octanol–water partition coefficient (Wildman–Crippen LogP) is -0.0464. The van der Waals surface area contributed by atoms with E-state index < -0.39 is 11.2 Å². The van der Waals surface area contributed by atoms with Crippen molar-refractivity contribution in [3.05, 3.63) is 26.5 Å². The number of nitrogens with two attached hydrogens (primary N) is 1. The third kappa shape index (κ3) is 1.44. The Kier molecular flexibility index (Phi) is 2.10. The number of rotatable bonds is 1. The van der Waals surface area contributed by atoms with Gasteiger partial charge in [-0.1, -0.05) is 0 Å². The van der Waals surface area contributed by atoms with Gasteiger partial charge in [0, 0.05) is 0 Å². The summed E-state index contributed by atoms with van der Waals surface area (Å²) in [5, 5.41) is 0.505. The Bertz CT molecular complexity index is 834. The lowest BCUT2D eigenvalue weighted by Crippen LogP contribution is -2.21. The Balaban J connectivity index is 2.36. The van der Waals surface area contributed by atoms with Crippen molar-refractivity contribution < 1.29 is 0 Å². The molecule has 3 aromatic rings. The molecule has 0 aliphatic rings. The van der Waals surface area contributed by atoms with Gasteiger partial charge in [-0.05, 0) is 18.5 Å². The number of imidazole rings is 1. The van der Waals surface area contributed by atoms with E-state index in [0.29, 0.717) is 16.4 Å². The lowest BCUT2D eigenvalue weighted by molar-refractivity contribution is 1.07. The number of aryl methyl sites for hydroxylation is 1. The van der Waals surface area contributed by atoms with Gasteiger partial charge in [-0.3, -0.25) is 14.8 Å².